The van der Waals surface area contributed by atoms with Gasteiger partial charge >= 0.3 is 5.97 Å². The number of aliphatic carboxylic acids is 1. The number of H-pyrrole nitrogens is 1. The largest absolute Gasteiger partial charge is 0.481 e. The molecule has 0 saturated heterocycles. The van der Waals surface area contributed by atoms with Gasteiger partial charge in [-0.25, -0.2) is 0 Å². The van der Waals surface area contributed by atoms with Crippen molar-refractivity contribution in [1.82, 2.24) is 4.98 Å². The summed E-state index contributed by atoms with van der Waals surface area (Å²) < 4.78 is 0. The van der Waals surface area contributed by atoms with Crippen LogP contribution in [0, 0.1) is 0 Å². The molecule has 1 saturated carbocycles. The molecule has 17 heavy (non-hydrogen) atoms. The minimum atomic E-state index is -0.695. The van der Waals surface area contributed by atoms with Crippen LogP contribution >= 0.6 is 0 Å². The van der Waals surface area contributed by atoms with Gasteiger partial charge < -0.3 is 10.1 Å². The summed E-state index contributed by atoms with van der Waals surface area (Å²) >= 11 is 0. The topological polar surface area (TPSA) is 53.1 Å². The van der Waals surface area contributed by atoms with Crippen LogP contribution in [0.1, 0.15) is 31.2 Å². The van der Waals surface area contributed by atoms with Gasteiger partial charge in [-0.2, -0.15) is 0 Å². The molecule has 1 aromatic heterocycles. The number of hydrogen-bond donors (Lipinski definition) is 2. The van der Waals surface area contributed by atoms with Gasteiger partial charge in [0, 0.05) is 17.1 Å². The Morgan fingerprint density at radius 2 is 2.18 bits per heavy atom. The maximum absolute atomic E-state index is 11.0. The van der Waals surface area contributed by atoms with Crippen molar-refractivity contribution in [1.29, 1.82) is 0 Å². The van der Waals surface area contributed by atoms with Crippen LogP contribution in [0.2, 0.25) is 0 Å². The van der Waals surface area contributed by atoms with Crippen molar-refractivity contribution in [2.45, 2.75) is 31.1 Å². The van der Waals surface area contributed by atoms with E-state index in [1.807, 2.05) is 18.3 Å². The summed E-state index contributed by atoms with van der Waals surface area (Å²) in [5.41, 5.74) is 2.17. The third kappa shape index (κ3) is 1.62. The highest BCUT2D eigenvalue weighted by Gasteiger charge is 2.40. The molecule has 3 nitrogen and oxygen atoms in total. The van der Waals surface area contributed by atoms with Crippen LogP contribution < -0.4 is 0 Å². The van der Waals surface area contributed by atoms with Crippen molar-refractivity contribution in [3.05, 3.63) is 36.0 Å². The lowest BCUT2D eigenvalue weighted by molar-refractivity contribution is -0.139. The predicted octanol–water partition coefficient (Wildman–Crippen LogP) is 3.06. The summed E-state index contributed by atoms with van der Waals surface area (Å²) in [6.07, 6.45) is 5.30. The zero-order chi connectivity index (χ0) is 11.9. The van der Waals surface area contributed by atoms with Gasteiger partial charge in [0.2, 0.25) is 0 Å². The van der Waals surface area contributed by atoms with Gasteiger partial charge in [0.05, 0.1) is 6.42 Å². The molecular formula is C14H15NO2. The van der Waals surface area contributed by atoms with E-state index in [0.717, 1.165) is 24.8 Å². The Hall–Kier alpha value is -1.77. The lowest BCUT2D eigenvalue weighted by atomic mass is 9.62. The maximum Gasteiger partial charge on any atom is 0.304 e. The molecule has 3 rings (SSSR count). The molecular weight excluding hydrogens is 214 g/mol. The number of carbonyl (C=O) groups is 1. The first kappa shape index (κ1) is 10.4. The van der Waals surface area contributed by atoms with E-state index in [1.54, 1.807) is 0 Å². The first-order chi connectivity index (χ1) is 8.20. The highest BCUT2D eigenvalue weighted by atomic mass is 16.4. The monoisotopic (exact) mass is 229 g/mol. The summed E-state index contributed by atoms with van der Waals surface area (Å²) in [5, 5.41) is 10.2. The summed E-state index contributed by atoms with van der Waals surface area (Å²) in [6, 6.07) is 8.29. The highest BCUT2D eigenvalue weighted by Crippen LogP contribution is 2.46. The number of hydrogen-bond acceptors (Lipinski definition) is 1. The summed E-state index contributed by atoms with van der Waals surface area (Å²) in [6.45, 7) is 0. The van der Waals surface area contributed by atoms with Gasteiger partial charge in [-0.1, -0.05) is 12.5 Å². The van der Waals surface area contributed by atoms with Gasteiger partial charge in [0.25, 0.3) is 0 Å². The van der Waals surface area contributed by atoms with Gasteiger partial charge in [0.1, 0.15) is 0 Å². The number of nitrogens with one attached hydrogen (secondary N) is 1. The van der Waals surface area contributed by atoms with E-state index in [9.17, 15) is 4.79 Å². The Kier molecular flexibility index (Phi) is 2.21. The Balaban J connectivity index is 2.03. The van der Waals surface area contributed by atoms with E-state index in [-0.39, 0.29) is 11.8 Å². The van der Waals surface area contributed by atoms with Crippen molar-refractivity contribution in [3.63, 3.8) is 0 Å². The summed E-state index contributed by atoms with van der Waals surface area (Å²) in [5.74, 6) is -0.695. The highest BCUT2D eigenvalue weighted by molar-refractivity contribution is 5.80. The summed E-state index contributed by atoms with van der Waals surface area (Å²) in [4.78, 5) is 14.1. The Bertz CT molecular complexity index is 566. The van der Waals surface area contributed by atoms with E-state index < -0.39 is 5.97 Å². The first-order valence-corrected chi connectivity index (χ1v) is 5.99. The zero-order valence-corrected chi connectivity index (χ0v) is 9.57. The quantitative estimate of drug-likeness (QED) is 0.849. The lowest BCUT2D eigenvalue weighted by Gasteiger charge is -2.41. The molecule has 0 aliphatic heterocycles. The standard InChI is InChI=1S/C14H15NO2/c16-13(17)9-14(5-1-6-14)11-2-3-12-10(8-11)4-7-15-12/h2-4,7-8,15H,1,5-6,9H2,(H,16,17). The number of aromatic nitrogens is 1. The molecule has 0 amide bonds. The van der Waals surface area contributed by atoms with E-state index in [0.29, 0.717) is 0 Å². The molecule has 0 bridgehead atoms. The van der Waals surface area contributed by atoms with E-state index in [2.05, 4.69) is 17.1 Å². The van der Waals surface area contributed by atoms with Gasteiger partial charge in [-0.3, -0.25) is 4.79 Å². The molecule has 2 N–H and O–H groups in total. The second-order valence-corrected chi connectivity index (χ2v) is 4.98. The SMILES string of the molecule is O=C(O)CC1(c2ccc3[nH]ccc3c2)CCC1. The normalized spacial score (nSPS) is 17.9. The van der Waals surface area contributed by atoms with Crippen LogP contribution in [0.3, 0.4) is 0 Å². The van der Waals surface area contributed by atoms with Crippen LogP contribution in [0.25, 0.3) is 10.9 Å². The first-order valence-electron chi connectivity index (χ1n) is 5.99. The Morgan fingerprint density at radius 1 is 1.35 bits per heavy atom. The molecule has 0 radical (unpaired) electrons. The van der Waals surface area contributed by atoms with Crippen LogP contribution in [-0.4, -0.2) is 16.1 Å². The number of carboxylic acids is 1. The molecule has 1 fully saturated rings. The number of fused-ring (bicyclic) bond motifs is 1. The molecule has 0 atom stereocenters. The second kappa shape index (κ2) is 3.62. The fraction of sp³-hybridized carbons (Fsp3) is 0.357. The molecule has 2 aromatic rings. The van der Waals surface area contributed by atoms with Gasteiger partial charge in [-0.05, 0) is 42.0 Å². The predicted molar refractivity (Wildman–Crippen MR) is 66.1 cm³/mol. The van der Waals surface area contributed by atoms with Crippen molar-refractivity contribution in [2.24, 2.45) is 0 Å². The maximum atomic E-state index is 11.0. The number of benzene rings is 1. The molecule has 1 aliphatic carbocycles. The number of carboxylic acid groups (broad SMARTS) is 1. The van der Waals surface area contributed by atoms with E-state index in [1.165, 1.54) is 10.9 Å². The third-order valence-electron chi connectivity index (χ3n) is 3.97. The fourth-order valence-electron chi connectivity index (χ4n) is 2.84. The average molecular weight is 229 g/mol. The van der Waals surface area contributed by atoms with Crippen molar-refractivity contribution in [2.75, 3.05) is 0 Å². The van der Waals surface area contributed by atoms with E-state index >= 15 is 0 Å². The van der Waals surface area contributed by atoms with E-state index in [4.69, 9.17) is 5.11 Å². The molecule has 88 valence electrons. The zero-order valence-electron chi connectivity index (χ0n) is 9.57. The molecule has 3 heteroatoms. The minimum absolute atomic E-state index is 0.114. The number of rotatable bonds is 3. The molecule has 1 heterocycles. The van der Waals surface area contributed by atoms with Crippen LogP contribution in [0.5, 0.6) is 0 Å². The van der Waals surface area contributed by atoms with Gasteiger partial charge in [0.15, 0.2) is 0 Å². The molecule has 0 spiro atoms. The van der Waals surface area contributed by atoms with Crippen LogP contribution in [-0.2, 0) is 10.2 Å². The summed E-state index contributed by atoms with van der Waals surface area (Å²) in [7, 11) is 0. The van der Waals surface area contributed by atoms with Crippen LogP contribution in [0.15, 0.2) is 30.5 Å². The molecule has 1 aliphatic rings. The molecule has 1 aromatic carbocycles. The molecule has 0 unspecified atom stereocenters. The van der Waals surface area contributed by atoms with Crippen molar-refractivity contribution in [3.8, 4) is 0 Å². The minimum Gasteiger partial charge on any atom is -0.481 e. The van der Waals surface area contributed by atoms with Crippen LogP contribution in [0.4, 0.5) is 0 Å². The Labute approximate surface area is 99.5 Å². The lowest BCUT2D eigenvalue weighted by Crippen LogP contribution is -2.36. The van der Waals surface area contributed by atoms with Crippen molar-refractivity contribution < 1.29 is 9.90 Å². The third-order valence-corrected chi connectivity index (χ3v) is 3.97. The number of aromatic amines is 1. The average Bonchev–Trinajstić information content (AvgIpc) is 2.69. The second-order valence-electron chi connectivity index (χ2n) is 4.98. The van der Waals surface area contributed by atoms with Crippen molar-refractivity contribution >= 4 is 16.9 Å². The Morgan fingerprint density at radius 3 is 2.82 bits per heavy atom. The fourth-order valence-corrected chi connectivity index (χ4v) is 2.84. The van der Waals surface area contributed by atoms with Gasteiger partial charge in [-0.15, -0.1) is 0 Å². The smallest absolute Gasteiger partial charge is 0.304 e.